The zero-order valence-electron chi connectivity index (χ0n) is 26.7. The Labute approximate surface area is 249 Å². The molecular formula is C39H51N2+. The molecule has 0 fully saturated rings. The van der Waals surface area contributed by atoms with Crippen LogP contribution in [-0.4, -0.2) is 23.4 Å². The average molecular weight is 548 g/mol. The number of unbranched alkanes of at least 4 members (excludes halogenated alkanes) is 2. The number of benzene rings is 2. The van der Waals surface area contributed by atoms with Crippen molar-refractivity contribution in [2.45, 2.75) is 104 Å². The van der Waals surface area contributed by atoms with Crippen LogP contribution < -0.4 is 4.90 Å². The summed E-state index contributed by atoms with van der Waals surface area (Å²) in [6, 6.07) is 18.0. The molecule has 0 aromatic heterocycles. The van der Waals surface area contributed by atoms with Crippen molar-refractivity contribution in [3.8, 4) is 0 Å². The smallest absolute Gasteiger partial charge is 0.209 e. The van der Waals surface area contributed by atoms with E-state index in [0.717, 1.165) is 25.9 Å². The van der Waals surface area contributed by atoms with Crippen LogP contribution in [-0.2, 0) is 10.8 Å². The second kappa shape index (κ2) is 12.0. The highest BCUT2D eigenvalue weighted by Crippen LogP contribution is 2.48. The first-order chi connectivity index (χ1) is 19.7. The van der Waals surface area contributed by atoms with Crippen molar-refractivity contribution in [2.24, 2.45) is 0 Å². The van der Waals surface area contributed by atoms with Gasteiger partial charge < -0.3 is 4.90 Å². The summed E-state index contributed by atoms with van der Waals surface area (Å²) in [6.45, 7) is 18.7. The molecular weight excluding hydrogens is 496 g/mol. The molecule has 3 aliphatic rings. The van der Waals surface area contributed by atoms with E-state index < -0.39 is 0 Å². The maximum absolute atomic E-state index is 2.58. The molecule has 2 aromatic carbocycles. The molecule has 2 heterocycles. The summed E-state index contributed by atoms with van der Waals surface area (Å²) in [5, 5.41) is 0. The number of fused-ring (bicyclic) bond motifs is 2. The minimum absolute atomic E-state index is 0.0120. The molecule has 0 radical (unpaired) electrons. The molecule has 0 unspecified atom stereocenters. The third-order valence-electron chi connectivity index (χ3n) is 9.81. The van der Waals surface area contributed by atoms with Crippen LogP contribution in [0.25, 0.3) is 0 Å². The van der Waals surface area contributed by atoms with E-state index in [0.29, 0.717) is 0 Å². The van der Waals surface area contributed by atoms with Gasteiger partial charge in [-0.2, -0.15) is 4.58 Å². The van der Waals surface area contributed by atoms with Crippen LogP contribution in [0.15, 0.2) is 95.3 Å². The first-order valence-corrected chi connectivity index (χ1v) is 16.1. The van der Waals surface area contributed by atoms with Gasteiger partial charge in [-0.1, -0.05) is 89.1 Å². The lowest BCUT2D eigenvalue weighted by Crippen LogP contribution is -2.28. The summed E-state index contributed by atoms with van der Waals surface area (Å²) in [4.78, 5) is 2.58. The normalized spacial score (nSPS) is 21.5. The molecule has 0 amide bonds. The molecule has 216 valence electrons. The van der Waals surface area contributed by atoms with Crippen LogP contribution in [0.3, 0.4) is 0 Å². The van der Waals surface area contributed by atoms with E-state index in [1.54, 1.807) is 0 Å². The third-order valence-corrected chi connectivity index (χ3v) is 9.81. The van der Waals surface area contributed by atoms with Gasteiger partial charge in [-0.05, 0) is 80.9 Å². The van der Waals surface area contributed by atoms with Crippen LogP contribution >= 0.6 is 0 Å². The number of para-hydroxylation sites is 2. The van der Waals surface area contributed by atoms with E-state index in [4.69, 9.17) is 0 Å². The Hall–Kier alpha value is -3.13. The highest BCUT2D eigenvalue weighted by Gasteiger charge is 2.44. The number of rotatable bonds is 9. The van der Waals surface area contributed by atoms with Crippen LogP contribution in [0.5, 0.6) is 0 Å². The first-order valence-electron chi connectivity index (χ1n) is 16.1. The zero-order chi connectivity index (χ0) is 29.2. The zero-order valence-corrected chi connectivity index (χ0v) is 26.7. The van der Waals surface area contributed by atoms with Gasteiger partial charge in [0.25, 0.3) is 0 Å². The third kappa shape index (κ3) is 5.43. The van der Waals surface area contributed by atoms with Crippen LogP contribution in [0.1, 0.15) is 105 Å². The molecule has 2 heteroatoms. The predicted molar refractivity (Wildman–Crippen MR) is 178 cm³/mol. The van der Waals surface area contributed by atoms with Crippen LogP contribution in [0.4, 0.5) is 11.4 Å². The van der Waals surface area contributed by atoms with Crippen molar-refractivity contribution in [1.82, 2.24) is 0 Å². The van der Waals surface area contributed by atoms with Gasteiger partial charge in [0.2, 0.25) is 5.69 Å². The van der Waals surface area contributed by atoms with Crippen molar-refractivity contribution in [1.29, 1.82) is 0 Å². The van der Waals surface area contributed by atoms with Gasteiger partial charge in [-0.15, -0.1) is 0 Å². The number of allylic oxidation sites excluding steroid dienone is 8. The predicted octanol–water partition coefficient (Wildman–Crippen LogP) is 10.3. The standard InChI is InChI=1S/C39H51N2/c1-8-10-27-40-34-21-14-12-19-32(34)38(4,5)36(40)25-23-30-17-16-18-31(29(30)3)24-26-37-39(6,7)33-20-13-15-22-35(33)41(37)28-11-9-2/h12-15,19-26H,8-11,16-18,27-28H2,1-7H3/q+1. The van der Waals surface area contributed by atoms with Crippen molar-refractivity contribution in [3.63, 3.8) is 0 Å². The van der Waals surface area contributed by atoms with Crippen molar-refractivity contribution < 1.29 is 4.58 Å². The fourth-order valence-corrected chi connectivity index (χ4v) is 7.22. The lowest BCUT2D eigenvalue weighted by molar-refractivity contribution is -0.438. The molecule has 0 saturated heterocycles. The molecule has 2 nitrogen and oxygen atoms in total. The van der Waals surface area contributed by atoms with Crippen molar-refractivity contribution in [3.05, 3.63) is 106 Å². The Morgan fingerprint density at radius 1 is 0.805 bits per heavy atom. The van der Waals surface area contributed by atoms with Crippen LogP contribution in [0, 0.1) is 0 Å². The summed E-state index contributed by atoms with van der Waals surface area (Å²) in [5.41, 5.74) is 13.0. The van der Waals surface area contributed by atoms with Gasteiger partial charge in [0.15, 0.2) is 5.71 Å². The Balaban J connectivity index is 1.48. The topological polar surface area (TPSA) is 6.25 Å². The van der Waals surface area contributed by atoms with E-state index in [2.05, 4.69) is 131 Å². The highest BCUT2D eigenvalue weighted by molar-refractivity contribution is 6.03. The fraction of sp³-hybridized carbons (Fsp3) is 0.462. The van der Waals surface area contributed by atoms with Gasteiger partial charge in [0.05, 0.1) is 5.41 Å². The van der Waals surface area contributed by atoms with Crippen molar-refractivity contribution in [2.75, 3.05) is 18.0 Å². The van der Waals surface area contributed by atoms with Gasteiger partial charge in [0, 0.05) is 47.5 Å². The second-order valence-electron chi connectivity index (χ2n) is 13.3. The highest BCUT2D eigenvalue weighted by atomic mass is 15.2. The lowest BCUT2D eigenvalue weighted by Gasteiger charge is -2.27. The monoisotopic (exact) mass is 547 g/mol. The lowest BCUT2D eigenvalue weighted by atomic mass is 9.80. The molecule has 0 atom stereocenters. The molecule has 0 saturated carbocycles. The SMILES string of the molecule is CCCCN1/C(=C/C=C2\CCCC(/C=C/C3=[N+](CCCC)c4ccccc4C3(C)C)=C2C)C(C)(C)c2ccccc21. The molecule has 0 bridgehead atoms. The number of nitrogens with zero attached hydrogens (tertiary/aromatic N) is 2. The summed E-state index contributed by atoms with van der Waals surface area (Å²) in [5.74, 6) is 0. The molecule has 5 rings (SSSR count). The molecule has 1 aliphatic carbocycles. The maximum Gasteiger partial charge on any atom is 0.209 e. The average Bonchev–Trinajstić information content (AvgIpc) is 3.32. The molecule has 2 aromatic rings. The van der Waals surface area contributed by atoms with E-state index in [1.165, 1.54) is 82.7 Å². The molecule has 0 N–H and O–H groups in total. The Kier molecular flexibility index (Phi) is 8.60. The molecule has 41 heavy (non-hydrogen) atoms. The van der Waals surface area contributed by atoms with Gasteiger partial charge >= 0.3 is 0 Å². The first kappa shape index (κ1) is 29.4. The Bertz CT molecular complexity index is 1440. The molecule has 0 spiro atoms. The maximum atomic E-state index is 2.58. The largest absolute Gasteiger partial charge is 0.344 e. The number of hydrogen-bond donors (Lipinski definition) is 0. The van der Waals surface area contributed by atoms with E-state index in [9.17, 15) is 0 Å². The summed E-state index contributed by atoms with van der Waals surface area (Å²) in [7, 11) is 0. The number of anilines is 1. The minimum atomic E-state index is 0.0120. The van der Waals surface area contributed by atoms with E-state index >= 15 is 0 Å². The van der Waals surface area contributed by atoms with E-state index in [1.807, 2.05) is 0 Å². The van der Waals surface area contributed by atoms with Crippen LogP contribution in [0.2, 0.25) is 0 Å². The Morgan fingerprint density at radius 3 is 2.27 bits per heavy atom. The van der Waals surface area contributed by atoms with Gasteiger partial charge in [-0.25, -0.2) is 0 Å². The minimum Gasteiger partial charge on any atom is -0.344 e. The van der Waals surface area contributed by atoms with Gasteiger partial charge in [0.1, 0.15) is 6.54 Å². The fourth-order valence-electron chi connectivity index (χ4n) is 7.22. The summed E-state index contributed by atoms with van der Waals surface area (Å²) < 4.78 is 2.58. The van der Waals surface area contributed by atoms with E-state index in [-0.39, 0.29) is 10.8 Å². The quantitative estimate of drug-likeness (QED) is 0.283. The number of hydrogen-bond acceptors (Lipinski definition) is 1. The van der Waals surface area contributed by atoms with Crippen molar-refractivity contribution >= 4 is 17.1 Å². The van der Waals surface area contributed by atoms with Gasteiger partial charge in [-0.3, -0.25) is 0 Å². The second-order valence-corrected chi connectivity index (χ2v) is 13.3. The summed E-state index contributed by atoms with van der Waals surface area (Å²) in [6.07, 6.45) is 18.1. The summed E-state index contributed by atoms with van der Waals surface area (Å²) >= 11 is 0. The molecule has 2 aliphatic heterocycles. The Morgan fingerprint density at radius 2 is 1.51 bits per heavy atom.